The van der Waals surface area contributed by atoms with E-state index in [0.29, 0.717) is 0 Å². The smallest absolute Gasteiger partial charge is 0.0516 e. The van der Waals surface area contributed by atoms with Crippen molar-refractivity contribution in [1.82, 2.24) is 5.32 Å². The molecule has 0 saturated carbocycles. The van der Waals surface area contributed by atoms with Crippen molar-refractivity contribution < 1.29 is 0 Å². The number of benzene rings is 3. The van der Waals surface area contributed by atoms with Crippen molar-refractivity contribution in [2.24, 2.45) is 5.73 Å². The van der Waals surface area contributed by atoms with Crippen LogP contribution in [0.3, 0.4) is 0 Å². The van der Waals surface area contributed by atoms with Crippen LogP contribution in [0.25, 0.3) is 0 Å². The van der Waals surface area contributed by atoms with Crippen LogP contribution in [0.2, 0.25) is 0 Å². The lowest BCUT2D eigenvalue weighted by atomic mass is 9.94. The zero-order chi connectivity index (χ0) is 16.6. The summed E-state index contributed by atoms with van der Waals surface area (Å²) in [5.74, 6) is 0. The first-order valence-corrected chi connectivity index (χ1v) is 8.47. The van der Waals surface area contributed by atoms with E-state index in [1.165, 1.54) is 11.1 Å². The van der Waals surface area contributed by atoms with Crippen LogP contribution in [0, 0.1) is 0 Å². The van der Waals surface area contributed by atoms with E-state index in [1.54, 1.807) is 0 Å². The highest BCUT2D eigenvalue weighted by Gasteiger charge is 2.20. The van der Waals surface area contributed by atoms with Gasteiger partial charge in [-0.1, -0.05) is 91.0 Å². The minimum Gasteiger partial charge on any atom is -0.322 e. The Labute approximate surface area is 144 Å². The van der Waals surface area contributed by atoms with Gasteiger partial charge in [-0.15, -0.1) is 0 Å². The third-order valence-electron chi connectivity index (χ3n) is 4.32. The molecule has 0 fully saturated rings. The average molecular weight is 316 g/mol. The topological polar surface area (TPSA) is 38.0 Å². The second-order valence-electron chi connectivity index (χ2n) is 6.01. The summed E-state index contributed by atoms with van der Waals surface area (Å²) in [4.78, 5) is 0. The second-order valence-corrected chi connectivity index (χ2v) is 6.01. The highest BCUT2D eigenvalue weighted by Crippen LogP contribution is 2.26. The maximum atomic E-state index is 6.59. The van der Waals surface area contributed by atoms with Crippen LogP contribution in [0.15, 0.2) is 91.0 Å². The normalized spacial score (nSPS) is 13.4. The Balaban J connectivity index is 1.73. The minimum absolute atomic E-state index is 0.0793. The Morgan fingerprint density at radius 3 is 1.75 bits per heavy atom. The van der Waals surface area contributed by atoms with Crippen molar-refractivity contribution >= 4 is 0 Å². The van der Waals surface area contributed by atoms with Gasteiger partial charge in [-0.25, -0.2) is 0 Å². The molecule has 3 aromatic rings. The molecule has 122 valence electrons. The molecule has 0 aromatic heterocycles. The molecule has 0 spiro atoms. The fraction of sp³-hybridized carbons (Fsp3) is 0.182. The molecule has 3 rings (SSSR count). The van der Waals surface area contributed by atoms with Gasteiger partial charge >= 0.3 is 0 Å². The molecule has 2 nitrogen and oxygen atoms in total. The Kier molecular flexibility index (Phi) is 5.78. The monoisotopic (exact) mass is 316 g/mol. The molecule has 2 atom stereocenters. The summed E-state index contributed by atoms with van der Waals surface area (Å²) in [7, 11) is 0. The largest absolute Gasteiger partial charge is 0.322 e. The minimum atomic E-state index is -0.0793. The van der Waals surface area contributed by atoms with E-state index in [1.807, 2.05) is 24.3 Å². The Morgan fingerprint density at radius 1 is 0.667 bits per heavy atom. The highest BCUT2D eigenvalue weighted by atomic mass is 14.9. The molecular weight excluding hydrogens is 292 g/mol. The molecule has 2 unspecified atom stereocenters. The average Bonchev–Trinajstić information content (AvgIpc) is 2.67. The Morgan fingerprint density at radius 2 is 1.17 bits per heavy atom. The van der Waals surface area contributed by atoms with Gasteiger partial charge in [0, 0.05) is 6.04 Å². The van der Waals surface area contributed by atoms with Crippen molar-refractivity contribution in [2.75, 3.05) is 6.54 Å². The van der Waals surface area contributed by atoms with Gasteiger partial charge in [-0.3, -0.25) is 0 Å². The van der Waals surface area contributed by atoms with E-state index in [-0.39, 0.29) is 12.1 Å². The van der Waals surface area contributed by atoms with Crippen LogP contribution in [-0.2, 0) is 6.42 Å². The second kappa shape index (κ2) is 8.44. The lowest BCUT2D eigenvalue weighted by Crippen LogP contribution is -2.33. The van der Waals surface area contributed by atoms with E-state index in [4.69, 9.17) is 5.73 Å². The van der Waals surface area contributed by atoms with E-state index in [0.717, 1.165) is 18.5 Å². The predicted molar refractivity (Wildman–Crippen MR) is 101 cm³/mol. The summed E-state index contributed by atoms with van der Waals surface area (Å²) < 4.78 is 0. The molecule has 3 aromatic carbocycles. The molecule has 0 aliphatic rings. The van der Waals surface area contributed by atoms with E-state index in [2.05, 4.69) is 72.0 Å². The number of rotatable bonds is 7. The van der Waals surface area contributed by atoms with Crippen molar-refractivity contribution in [1.29, 1.82) is 0 Å². The fourth-order valence-electron chi connectivity index (χ4n) is 3.00. The molecule has 0 amide bonds. The van der Waals surface area contributed by atoms with Crippen LogP contribution in [-0.4, -0.2) is 6.54 Å². The number of hydrogen-bond acceptors (Lipinski definition) is 2. The molecular formula is C22H24N2. The quantitative estimate of drug-likeness (QED) is 0.683. The van der Waals surface area contributed by atoms with Crippen LogP contribution in [0.5, 0.6) is 0 Å². The van der Waals surface area contributed by atoms with Crippen molar-refractivity contribution in [3.8, 4) is 0 Å². The van der Waals surface area contributed by atoms with Crippen molar-refractivity contribution in [2.45, 2.75) is 18.5 Å². The lowest BCUT2D eigenvalue weighted by Gasteiger charge is -2.26. The summed E-state index contributed by atoms with van der Waals surface area (Å²) in [6, 6.07) is 31.3. The molecule has 24 heavy (non-hydrogen) atoms. The van der Waals surface area contributed by atoms with Gasteiger partial charge in [0.05, 0.1) is 6.04 Å². The SMILES string of the molecule is NC(c1ccccc1)C(NCCc1ccccc1)c1ccccc1. The Bertz CT molecular complexity index is 711. The molecule has 0 aliphatic carbocycles. The standard InChI is InChI=1S/C22H24N2/c23-21(19-12-6-2-7-13-19)22(20-14-8-3-9-15-20)24-17-16-18-10-4-1-5-11-18/h1-15,21-22,24H,16-17,23H2. The molecule has 0 heterocycles. The maximum Gasteiger partial charge on any atom is 0.0516 e. The van der Waals surface area contributed by atoms with Gasteiger partial charge in [0.15, 0.2) is 0 Å². The third-order valence-corrected chi connectivity index (χ3v) is 4.32. The van der Waals surface area contributed by atoms with Crippen LogP contribution < -0.4 is 11.1 Å². The van der Waals surface area contributed by atoms with Crippen molar-refractivity contribution in [3.63, 3.8) is 0 Å². The predicted octanol–water partition coefficient (Wildman–Crippen LogP) is 4.26. The van der Waals surface area contributed by atoms with E-state index < -0.39 is 0 Å². The Hall–Kier alpha value is -2.42. The molecule has 0 aliphatic heterocycles. The number of nitrogens with one attached hydrogen (secondary N) is 1. The number of nitrogens with two attached hydrogens (primary N) is 1. The number of hydrogen-bond donors (Lipinski definition) is 2. The van der Waals surface area contributed by atoms with Gasteiger partial charge in [0.2, 0.25) is 0 Å². The van der Waals surface area contributed by atoms with Gasteiger partial charge in [0.25, 0.3) is 0 Å². The first kappa shape index (κ1) is 16.4. The summed E-state index contributed by atoms with van der Waals surface area (Å²) in [5.41, 5.74) is 10.3. The maximum absolute atomic E-state index is 6.59. The van der Waals surface area contributed by atoms with Crippen LogP contribution >= 0.6 is 0 Å². The summed E-state index contributed by atoms with van der Waals surface area (Å²) in [6.45, 7) is 0.893. The summed E-state index contributed by atoms with van der Waals surface area (Å²) >= 11 is 0. The fourth-order valence-corrected chi connectivity index (χ4v) is 3.00. The van der Waals surface area contributed by atoms with Gasteiger partial charge < -0.3 is 11.1 Å². The first-order valence-electron chi connectivity index (χ1n) is 8.47. The first-order chi connectivity index (χ1) is 11.8. The van der Waals surface area contributed by atoms with E-state index in [9.17, 15) is 0 Å². The molecule has 0 radical (unpaired) electrons. The van der Waals surface area contributed by atoms with Gasteiger partial charge in [-0.05, 0) is 29.7 Å². The van der Waals surface area contributed by atoms with Crippen molar-refractivity contribution in [3.05, 3.63) is 108 Å². The highest BCUT2D eigenvalue weighted by molar-refractivity contribution is 5.27. The summed E-state index contributed by atoms with van der Waals surface area (Å²) in [5, 5.41) is 3.66. The van der Waals surface area contributed by atoms with E-state index >= 15 is 0 Å². The van der Waals surface area contributed by atoms with Crippen LogP contribution in [0.4, 0.5) is 0 Å². The zero-order valence-corrected chi connectivity index (χ0v) is 13.8. The van der Waals surface area contributed by atoms with Gasteiger partial charge in [-0.2, -0.15) is 0 Å². The van der Waals surface area contributed by atoms with Gasteiger partial charge in [0.1, 0.15) is 0 Å². The zero-order valence-electron chi connectivity index (χ0n) is 13.8. The lowest BCUT2D eigenvalue weighted by molar-refractivity contribution is 0.456. The molecule has 0 bridgehead atoms. The summed E-state index contributed by atoms with van der Waals surface area (Å²) in [6.07, 6.45) is 0.992. The molecule has 2 heteroatoms. The molecule has 0 saturated heterocycles. The third kappa shape index (κ3) is 4.31. The van der Waals surface area contributed by atoms with Crippen LogP contribution in [0.1, 0.15) is 28.8 Å². The molecule has 3 N–H and O–H groups in total.